The minimum Gasteiger partial charge on any atom is -0.267 e. The normalized spacial score (nSPS) is 12.0. The molecule has 0 saturated carbocycles. The summed E-state index contributed by atoms with van der Waals surface area (Å²) in [6, 6.07) is 17.4. The summed E-state index contributed by atoms with van der Waals surface area (Å²) in [4.78, 5) is 30.1. The third-order valence-corrected chi connectivity index (χ3v) is 5.87. The van der Waals surface area contributed by atoms with Crippen LogP contribution in [0.4, 0.5) is 0 Å². The lowest BCUT2D eigenvalue weighted by Gasteiger charge is -2.06. The number of nitrogens with zero attached hydrogens (tertiary/aromatic N) is 2. The SMILES string of the molecule is Cc1c(Cc2ccccc2)c(=O)nc2s/c(=C\c3cccc(Br)c3)c(=O)n12. The van der Waals surface area contributed by atoms with Crippen molar-refractivity contribution in [3.05, 3.63) is 107 Å². The van der Waals surface area contributed by atoms with Crippen LogP contribution < -0.4 is 15.7 Å². The highest BCUT2D eigenvalue weighted by Gasteiger charge is 2.14. The smallest absolute Gasteiger partial charge is 0.267 e. The first-order chi connectivity index (χ1) is 13.0. The van der Waals surface area contributed by atoms with Gasteiger partial charge in [0.2, 0.25) is 4.96 Å². The van der Waals surface area contributed by atoms with Crippen LogP contribution >= 0.6 is 27.3 Å². The van der Waals surface area contributed by atoms with E-state index in [1.54, 1.807) is 4.40 Å². The number of benzene rings is 2. The van der Waals surface area contributed by atoms with Gasteiger partial charge in [-0.05, 0) is 36.3 Å². The Morgan fingerprint density at radius 3 is 2.63 bits per heavy atom. The van der Waals surface area contributed by atoms with E-state index in [0.29, 0.717) is 27.2 Å². The molecular weight excluding hydrogens is 424 g/mol. The first-order valence-electron chi connectivity index (χ1n) is 8.39. The molecule has 4 aromatic rings. The Bertz CT molecular complexity index is 1310. The van der Waals surface area contributed by atoms with Gasteiger partial charge in [-0.25, -0.2) is 0 Å². The largest absolute Gasteiger partial charge is 0.277 e. The highest BCUT2D eigenvalue weighted by atomic mass is 79.9. The van der Waals surface area contributed by atoms with E-state index in [2.05, 4.69) is 20.9 Å². The average Bonchev–Trinajstić information content (AvgIpc) is 2.95. The predicted molar refractivity (Wildman–Crippen MR) is 113 cm³/mol. The molecule has 0 N–H and O–H groups in total. The van der Waals surface area contributed by atoms with Crippen molar-refractivity contribution in [1.82, 2.24) is 9.38 Å². The number of thiazole rings is 1. The predicted octanol–water partition coefficient (Wildman–Crippen LogP) is 3.33. The second-order valence-corrected chi connectivity index (χ2v) is 8.16. The number of aryl methyl sites for hydroxylation is 1. The minimum absolute atomic E-state index is 0.144. The van der Waals surface area contributed by atoms with Crippen molar-refractivity contribution in [2.45, 2.75) is 13.3 Å². The van der Waals surface area contributed by atoms with Gasteiger partial charge in [0.25, 0.3) is 11.1 Å². The van der Waals surface area contributed by atoms with Gasteiger partial charge >= 0.3 is 0 Å². The zero-order valence-corrected chi connectivity index (χ0v) is 16.9. The van der Waals surface area contributed by atoms with Crippen molar-refractivity contribution in [3.8, 4) is 0 Å². The van der Waals surface area contributed by atoms with Crippen LogP contribution in [0.15, 0.2) is 68.7 Å². The van der Waals surface area contributed by atoms with Gasteiger partial charge in [-0.2, -0.15) is 4.98 Å². The topological polar surface area (TPSA) is 51.4 Å². The first-order valence-corrected chi connectivity index (χ1v) is 10.00. The zero-order chi connectivity index (χ0) is 19.0. The first kappa shape index (κ1) is 17.8. The van der Waals surface area contributed by atoms with Gasteiger partial charge in [0.05, 0.1) is 4.53 Å². The third kappa shape index (κ3) is 3.50. The van der Waals surface area contributed by atoms with Crippen molar-refractivity contribution in [2.24, 2.45) is 0 Å². The maximum Gasteiger partial charge on any atom is 0.277 e. The molecule has 0 fully saturated rings. The van der Waals surface area contributed by atoms with E-state index in [0.717, 1.165) is 15.6 Å². The van der Waals surface area contributed by atoms with Crippen molar-refractivity contribution in [1.29, 1.82) is 0 Å². The third-order valence-electron chi connectivity index (χ3n) is 4.40. The van der Waals surface area contributed by atoms with Gasteiger partial charge in [-0.15, -0.1) is 0 Å². The molecule has 0 aliphatic carbocycles. The lowest BCUT2D eigenvalue weighted by Crippen LogP contribution is -2.27. The van der Waals surface area contributed by atoms with E-state index >= 15 is 0 Å². The van der Waals surface area contributed by atoms with E-state index in [4.69, 9.17) is 0 Å². The fourth-order valence-corrected chi connectivity index (χ4v) is 4.47. The molecule has 6 heteroatoms. The molecule has 0 bridgehead atoms. The van der Waals surface area contributed by atoms with Crippen molar-refractivity contribution >= 4 is 38.3 Å². The van der Waals surface area contributed by atoms with Gasteiger partial charge in [0, 0.05) is 22.2 Å². The summed E-state index contributed by atoms with van der Waals surface area (Å²) in [5.41, 5.74) is 2.73. The number of rotatable bonds is 3. The Balaban J connectivity index is 1.90. The Hall–Kier alpha value is -2.57. The summed E-state index contributed by atoms with van der Waals surface area (Å²) in [7, 11) is 0. The van der Waals surface area contributed by atoms with E-state index in [9.17, 15) is 9.59 Å². The molecular formula is C21H15BrN2O2S. The van der Waals surface area contributed by atoms with Crippen LogP contribution in [0, 0.1) is 6.92 Å². The summed E-state index contributed by atoms with van der Waals surface area (Å²) in [5, 5.41) is 0. The van der Waals surface area contributed by atoms with E-state index in [1.165, 1.54) is 11.3 Å². The van der Waals surface area contributed by atoms with Gasteiger partial charge in [-0.3, -0.25) is 14.0 Å². The Labute approximate surface area is 167 Å². The lowest BCUT2D eigenvalue weighted by molar-refractivity contribution is 0.940. The van der Waals surface area contributed by atoms with E-state index in [1.807, 2.05) is 67.6 Å². The zero-order valence-electron chi connectivity index (χ0n) is 14.5. The average molecular weight is 439 g/mol. The quantitative estimate of drug-likeness (QED) is 0.492. The summed E-state index contributed by atoms with van der Waals surface area (Å²) in [6.07, 6.45) is 2.29. The fourth-order valence-electron chi connectivity index (χ4n) is 3.04. The van der Waals surface area contributed by atoms with Gasteiger partial charge in [0.15, 0.2) is 0 Å². The van der Waals surface area contributed by atoms with Crippen LogP contribution in [0.3, 0.4) is 0 Å². The molecule has 0 spiro atoms. The molecule has 4 rings (SSSR count). The Morgan fingerprint density at radius 1 is 1.11 bits per heavy atom. The van der Waals surface area contributed by atoms with Crippen LogP contribution in [-0.2, 0) is 6.42 Å². The summed E-state index contributed by atoms with van der Waals surface area (Å²) in [6.45, 7) is 1.81. The summed E-state index contributed by atoms with van der Waals surface area (Å²) in [5.74, 6) is 0. The Kier molecular flexibility index (Phi) is 4.76. The molecule has 0 amide bonds. The van der Waals surface area contributed by atoms with E-state index < -0.39 is 0 Å². The second-order valence-electron chi connectivity index (χ2n) is 6.23. The van der Waals surface area contributed by atoms with Crippen LogP contribution in [0.2, 0.25) is 0 Å². The number of fused-ring (bicyclic) bond motifs is 1. The number of aromatic nitrogens is 2. The van der Waals surface area contributed by atoms with Gasteiger partial charge in [-0.1, -0.05) is 69.7 Å². The number of hydrogen-bond donors (Lipinski definition) is 0. The number of halogens is 1. The lowest BCUT2D eigenvalue weighted by atomic mass is 10.1. The van der Waals surface area contributed by atoms with Crippen LogP contribution in [0.25, 0.3) is 11.0 Å². The fraction of sp³-hybridized carbons (Fsp3) is 0.0952. The van der Waals surface area contributed by atoms with Crippen molar-refractivity contribution < 1.29 is 0 Å². The van der Waals surface area contributed by atoms with Crippen LogP contribution in [0.5, 0.6) is 0 Å². The molecule has 0 aliphatic heterocycles. The molecule has 0 saturated heterocycles. The standard InChI is InChI=1S/C21H15BrN2O2S/c1-13-17(11-14-6-3-2-4-7-14)19(25)23-21-24(13)20(26)18(27-21)12-15-8-5-9-16(22)10-15/h2-10,12H,11H2,1H3/b18-12-. The van der Waals surface area contributed by atoms with E-state index in [-0.39, 0.29) is 11.1 Å². The molecule has 0 radical (unpaired) electrons. The molecule has 4 nitrogen and oxygen atoms in total. The van der Waals surface area contributed by atoms with Gasteiger partial charge in [0.1, 0.15) is 0 Å². The highest BCUT2D eigenvalue weighted by molar-refractivity contribution is 9.10. The molecule has 2 aromatic heterocycles. The molecule has 134 valence electrons. The molecule has 0 unspecified atom stereocenters. The van der Waals surface area contributed by atoms with Crippen LogP contribution in [0.1, 0.15) is 22.4 Å². The molecule has 2 heterocycles. The minimum atomic E-state index is -0.272. The number of hydrogen-bond acceptors (Lipinski definition) is 4. The summed E-state index contributed by atoms with van der Waals surface area (Å²) < 4.78 is 3.05. The maximum atomic E-state index is 12.9. The molecule has 27 heavy (non-hydrogen) atoms. The molecule has 0 atom stereocenters. The van der Waals surface area contributed by atoms with Crippen LogP contribution in [-0.4, -0.2) is 9.38 Å². The van der Waals surface area contributed by atoms with Crippen molar-refractivity contribution in [2.75, 3.05) is 0 Å². The monoisotopic (exact) mass is 438 g/mol. The molecule has 2 aromatic carbocycles. The molecule has 0 aliphatic rings. The van der Waals surface area contributed by atoms with Gasteiger partial charge < -0.3 is 0 Å². The summed E-state index contributed by atoms with van der Waals surface area (Å²) >= 11 is 4.67. The maximum absolute atomic E-state index is 12.9. The second kappa shape index (κ2) is 7.21. The van der Waals surface area contributed by atoms with Crippen molar-refractivity contribution in [3.63, 3.8) is 0 Å². The Morgan fingerprint density at radius 2 is 1.89 bits per heavy atom. The highest BCUT2D eigenvalue weighted by Crippen LogP contribution is 2.13.